The van der Waals surface area contributed by atoms with Crippen LogP contribution in [0.2, 0.25) is 0 Å². The maximum absolute atomic E-state index is 13.4. The maximum Gasteiger partial charge on any atom is 0.410 e. The van der Waals surface area contributed by atoms with Crippen LogP contribution in [-0.4, -0.2) is 69.9 Å². The molecule has 8 heteroatoms. The van der Waals surface area contributed by atoms with Crippen LogP contribution in [0.15, 0.2) is 24.3 Å². The van der Waals surface area contributed by atoms with Crippen LogP contribution in [-0.2, 0) is 26.6 Å². The second-order valence-electron chi connectivity index (χ2n) is 11.3. The number of hydrogen-bond acceptors (Lipinski definition) is 6. The smallest absolute Gasteiger partial charge is 0.410 e. The summed E-state index contributed by atoms with van der Waals surface area (Å²) in [5, 5.41) is 0. The van der Waals surface area contributed by atoms with Gasteiger partial charge in [-0.1, -0.05) is 32.9 Å². The van der Waals surface area contributed by atoms with Crippen LogP contribution in [0.5, 0.6) is 5.75 Å². The van der Waals surface area contributed by atoms with Gasteiger partial charge in [0.2, 0.25) is 0 Å². The fourth-order valence-electron chi connectivity index (χ4n) is 5.01. The van der Waals surface area contributed by atoms with Crippen molar-refractivity contribution in [1.82, 2.24) is 9.21 Å². The predicted octanol–water partition coefficient (Wildman–Crippen LogP) is 5.15. The van der Waals surface area contributed by atoms with E-state index in [1.54, 1.807) is 12.0 Å². The molecule has 3 rings (SSSR count). The summed E-state index contributed by atoms with van der Waals surface area (Å²) in [6, 6.07) is 7.93. The van der Waals surface area contributed by atoms with E-state index in [1.807, 2.05) is 45.0 Å². The monoisotopic (exact) mass is 508 g/mol. The number of rotatable bonds is 10. The first kappa shape index (κ1) is 28.1. The topological polar surface area (TPSA) is 74.3 Å². The van der Waals surface area contributed by atoms with Crippen LogP contribution in [0.25, 0.3) is 0 Å². The van der Waals surface area contributed by atoms with Crippen molar-refractivity contribution >= 4 is 17.5 Å². The Morgan fingerprint density at radius 2 is 1.91 bits per heavy atom. The number of carbonyl (C=O) groups excluding carboxylic acids is 1. The van der Waals surface area contributed by atoms with E-state index >= 15 is 0 Å². The molecule has 2 saturated heterocycles. The first-order valence-corrected chi connectivity index (χ1v) is 14.2. The summed E-state index contributed by atoms with van der Waals surface area (Å²) in [6.07, 6.45) is 3.30. The summed E-state index contributed by atoms with van der Waals surface area (Å²) in [4.78, 5) is 14.3. The van der Waals surface area contributed by atoms with E-state index in [4.69, 9.17) is 14.2 Å². The average Bonchev–Trinajstić information content (AvgIpc) is 3.20. The molecule has 2 aliphatic heterocycles. The third-order valence-corrected chi connectivity index (χ3v) is 8.48. The summed E-state index contributed by atoms with van der Waals surface area (Å²) in [5.74, 6) is 1.71. The molecule has 2 fully saturated rings. The molecule has 0 N–H and O–H groups in total. The number of amides is 1. The zero-order chi connectivity index (χ0) is 25.8. The second-order valence-corrected chi connectivity index (χ2v) is 12.7. The van der Waals surface area contributed by atoms with Gasteiger partial charge in [-0.15, -0.1) is 4.31 Å². The summed E-state index contributed by atoms with van der Waals surface area (Å²) in [5.41, 5.74) is 0.264. The molecule has 7 nitrogen and oxygen atoms in total. The van der Waals surface area contributed by atoms with Gasteiger partial charge in [-0.3, -0.25) is 0 Å². The standard InChI is InChI=1S/C27H44N2O5S/c1-8-23(32-7)24(16-20(2)3)33-22-11-9-10-21(17-22)18-35(31)29-15-13-27(29)12-14-28(19-27)25(30)34-26(4,5)6/h9-11,17,20,23-24H,8,12-16,18-19H2,1-7H3. The lowest BCUT2D eigenvalue weighted by atomic mass is 9.87. The fourth-order valence-corrected chi connectivity index (χ4v) is 6.60. The van der Waals surface area contributed by atoms with Crippen molar-refractivity contribution in [3.63, 3.8) is 0 Å². The highest BCUT2D eigenvalue weighted by molar-refractivity contribution is 7.88. The molecule has 1 amide bonds. The Bertz CT molecular complexity index is 841. The minimum absolute atomic E-state index is 0.0262. The molecule has 35 heavy (non-hydrogen) atoms. The normalized spacial score (nSPS) is 23.3. The molecule has 1 aromatic carbocycles. The molecule has 0 bridgehead atoms. The molecule has 1 spiro atoms. The molecule has 2 heterocycles. The first-order chi connectivity index (χ1) is 16.5. The zero-order valence-electron chi connectivity index (χ0n) is 22.5. The van der Waals surface area contributed by atoms with Gasteiger partial charge in [0.05, 0.1) is 11.6 Å². The lowest BCUT2D eigenvalue weighted by Gasteiger charge is -2.48. The molecule has 0 radical (unpaired) electrons. The minimum atomic E-state index is -1.17. The molecule has 0 aromatic heterocycles. The van der Waals surface area contributed by atoms with Gasteiger partial charge < -0.3 is 23.7 Å². The van der Waals surface area contributed by atoms with E-state index in [0.717, 1.165) is 43.5 Å². The number of nitrogens with zero attached hydrogens (tertiary/aromatic N) is 2. The Morgan fingerprint density at radius 1 is 1.20 bits per heavy atom. The van der Waals surface area contributed by atoms with Crippen molar-refractivity contribution < 1.29 is 23.6 Å². The molecule has 1 aromatic rings. The highest BCUT2D eigenvalue weighted by Crippen LogP contribution is 2.42. The van der Waals surface area contributed by atoms with Gasteiger partial charge in [-0.05, 0) is 64.5 Å². The highest BCUT2D eigenvalue weighted by Gasteiger charge is 2.56. The summed E-state index contributed by atoms with van der Waals surface area (Å²) in [7, 11) is 1.74. The number of likely N-dealkylation sites (tertiary alicyclic amines) is 1. The highest BCUT2D eigenvalue weighted by atomic mass is 32.2. The molecular weight excluding hydrogens is 464 g/mol. The van der Waals surface area contributed by atoms with Crippen molar-refractivity contribution in [3.05, 3.63) is 29.8 Å². The van der Waals surface area contributed by atoms with Crippen LogP contribution < -0.4 is 4.74 Å². The van der Waals surface area contributed by atoms with Crippen molar-refractivity contribution in [2.24, 2.45) is 5.92 Å². The SMILES string of the molecule is CCC(OC)C(CC(C)C)Oc1cccc(C[S+]([O-])N2CCC23CCN(C(=O)OC(C)(C)C)C3)c1. The molecule has 4 unspecified atom stereocenters. The van der Waals surface area contributed by atoms with Gasteiger partial charge in [-0.2, -0.15) is 0 Å². The summed E-state index contributed by atoms with van der Waals surface area (Å²) >= 11 is -1.17. The Kier molecular flexibility index (Phi) is 9.40. The quantitative estimate of drug-likeness (QED) is 0.407. The first-order valence-electron chi connectivity index (χ1n) is 12.9. The van der Waals surface area contributed by atoms with Crippen molar-refractivity contribution in [2.45, 2.75) is 96.3 Å². The lowest BCUT2D eigenvalue weighted by Crippen LogP contribution is -2.63. The molecule has 0 aliphatic carbocycles. The van der Waals surface area contributed by atoms with Gasteiger partial charge in [0.1, 0.15) is 17.5 Å². The largest absolute Gasteiger partial charge is 0.598 e. The molecule has 198 valence electrons. The van der Waals surface area contributed by atoms with Gasteiger partial charge in [0.25, 0.3) is 0 Å². The maximum atomic E-state index is 13.4. The number of hydrogen-bond donors (Lipinski definition) is 0. The predicted molar refractivity (Wildman–Crippen MR) is 140 cm³/mol. The van der Waals surface area contributed by atoms with Crippen molar-refractivity contribution in [3.8, 4) is 5.75 Å². The van der Waals surface area contributed by atoms with Crippen molar-refractivity contribution in [1.29, 1.82) is 0 Å². The summed E-state index contributed by atoms with van der Waals surface area (Å²) in [6.45, 7) is 14.1. The number of methoxy groups -OCH3 is 1. The van der Waals surface area contributed by atoms with E-state index in [2.05, 4.69) is 25.1 Å². The third-order valence-electron chi connectivity index (χ3n) is 6.84. The van der Waals surface area contributed by atoms with Crippen LogP contribution in [0.1, 0.15) is 72.8 Å². The molecule has 2 aliphatic rings. The minimum Gasteiger partial charge on any atom is -0.598 e. The van der Waals surface area contributed by atoms with Gasteiger partial charge in [0.15, 0.2) is 5.75 Å². The van der Waals surface area contributed by atoms with E-state index in [9.17, 15) is 9.35 Å². The van der Waals surface area contributed by atoms with Crippen LogP contribution >= 0.6 is 0 Å². The average molecular weight is 509 g/mol. The van der Waals surface area contributed by atoms with E-state index in [1.165, 1.54) is 0 Å². The number of benzene rings is 1. The van der Waals surface area contributed by atoms with E-state index in [0.29, 0.717) is 24.8 Å². The van der Waals surface area contributed by atoms with Crippen LogP contribution in [0, 0.1) is 5.92 Å². The zero-order valence-corrected chi connectivity index (χ0v) is 23.4. The van der Waals surface area contributed by atoms with Crippen LogP contribution in [0.4, 0.5) is 4.79 Å². The fraction of sp³-hybridized carbons (Fsp3) is 0.741. The third kappa shape index (κ3) is 7.28. The van der Waals surface area contributed by atoms with Gasteiger partial charge in [0, 0.05) is 43.7 Å². The number of carbonyl (C=O) groups is 1. The molecular formula is C27H44N2O5S. The van der Waals surface area contributed by atoms with Crippen LogP contribution in [0.3, 0.4) is 0 Å². The Morgan fingerprint density at radius 3 is 2.49 bits per heavy atom. The Hall–Kier alpha value is -1.48. The van der Waals surface area contributed by atoms with Crippen molar-refractivity contribution in [2.75, 3.05) is 26.7 Å². The molecule has 4 atom stereocenters. The number of ether oxygens (including phenoxy) is 3. The Labute approximate surface area is 214 Å². The molecule has 0 saturated carbocycles. The van der Waals surface area contributed by atoms with Gasteiger partial charge >= 0.3 is 6.09 Å². The summed E-state index contributed by atoms with van der Waals surface area (Å²) < 4.78 is 33.0. The van der Waals surface area contributed by atoms with E-state index in [-0.39, 0.29) is 23.8 Å². The second kappa shape index (κ2) is 11.7. The lowest BCUT2D eigenvalue weighted by molar-refractivity contribution is -0.00903. The van der Waals surface area contributed by atoms with E-state index < -0.39 is 17.0 Å². The van der Waals surface area contributed by atoms with Gasteiger partial charge in [-0.25, -0.2) is 4.79 Å². The Balaban J connectivity index is 1.62.